The highest BCUT2D eigenvalue weighted by molar-refractivity contribution is 5.92. The van der Waals surface area contributed by atoms with Gasteiger partial charge in [-0.3, -0.25) is 0 Å². The fourth-order valence-corrected chi connectivity index (χ4v) is 2.49. The van der Waals surface area contributed by atoms with Gasteiger partial charge in [-0.05, 0) is 24.1 Å². The van der Waals surface area contributed by atoms with Crippen LogP contribution in [0.2, 0.25) is 0 Å². The second-order valence-corrected chi connectivity index (χ2v) is 4.83. The van der Waals surface area contributed by atoms with Crippen molar-refractivity contribution >= 4 is 5.97 Å². The zero-order valence-electron chi connectivity index (χ0n) is 11.0. The first-order valence-electron chi connectivity index (χ1n) is 6.27. The van der Waals surface area contributed by atoms with Gasteiger partial charge >= 0.3 is 5.97 Å². The molecule has 0 aliphatic carbocycles. The Kier molecular flexibility index (Phi) is 2.84. The van der Waals surface area contributed by atoms with Gasteiger partial charge < -0.3 is 4.84 Å². The fourth-order valence-electron chi connectivity index (χ4n) is 2.49. The second-order valence-electron chi connectivity index (χ2n) is 4.83. The Morgan fingerprint density at radius 2 is 1.74 bits per heavy atom. The molecule has 19 heavy (non-hydrogen) atoms. The van der Waals surface area contributed by atoms with Crippen LogP contribution in [-0.4, -0.2) is 18.1 Å². The third-order valence-corrected chi connectivity index (χ3v) is 3.46. The molecule has 0 saturated heterocycles. The van der Waals surface area contributed by atoms with Gasteiger partial charge in [0, 0.05) is 7.05 Å². The molecule has 0 radical (unpaired) electrons. The van der Waals surface area contributed by atoms with Crippen molar-refractivity contribution in [1.29, 1.82) is 0 Å². The maximum atomic E-state index is 11.9. The van der Waals surface area contributed by atoms with E-state index in [1.807, 2.05) is 24.3 Å². The van der Waals surface area contributed by atoms with Gasteiger partial charge in [0.15, 0.2) is 0 Å². The van der Waals surface area contributed by atoms with Crippen LogP contribution in [0.25, 0.3) is 0 Å². The number of hydroxylamine groups is 2. The van der Waals surface area contributed by atoms with Gasteiger partial charge in [-0.15, -0.1) is 5.06 Å². The van der Waals surface area contributed by atoms with E-state index in [0.717, 1.165) is 11.1 Å². The van der Waals surface area contributed by atoms with Crippen LogP contribution in [0.4, 0.5) is 0 Å². The molecule has 0 N–H and O–H groups in total. The SMILES string of the molecule is Cc1ccc(C2c3ccccc3C(=O)ON2C)cc1. The lowest BCUT2D eigenvalue weighted by Crippen LogP contribution is -2.34. The zero-order chi connectivity index (χ0) is 13.4. The predicted molar refractivity (Wildman–Crippen MR) is 72.6 cm³/mol. The Balaban J connectivity index is 2.12. The Hall–Kier alpha value is -2.13. The van der Waals surface area contributed by atoms with Crippen molar-refractivity contribution < 1.29 is 9.63 Å². The molecule has 1 aliphatic heterocycles. The van der Waals surface area contributed by atoms with Crippen molar-refractivity contribution in [2.75, 3.05) is 7.05 Å². The standard InChI is InChI=1S/C16H15NO2/c1-11-7-9-12(10-8-11)15-13-5-3-4-6-14(13)16(18)19-17(15)2/h3-10,15H,1-2H3. The van der Waals surface area contributed by atoms with Gasteiger partial charge in [-0.25, -0.2) is 4.79 Å². The average molecular weight is 253 g/mol. The third kappa shape index (κ3) is 2.02. The van der Waals surface area contributed by atoms with Crippen LogP contribution in [0.15, 0.2) is 48.5 Å². The van der Waals surface area contributed by atoms with Gasteiger partial charge in [0.05, 0.1) is 11.6 Å². The first-order valence-corrected chi connectivity index (χ1v) is 6.27. The molecule has 3 nitrogen and oxygen atoms in total. The highest BCUT2D eigenvalue weighted by Crippen LogP contribution is 2.34. The summed E-state index contributed by atoms with van der Waals surface area (Å²) in [5.74, 6) is -0.290. The maximum Gasteiger partial charge on any atom is 0.357 e. The molecule has 0 bridgehead atoms. The number of carbonyl (C=O) groups excluding carboxylic acids is 1. The first kappa shape index (κ1) is 11.9. The molecule has 1 aliphatic rings. The summed E-state index contributed by atoms with van der Waals surface area (Å²) in [5.41, 5.74) is 3.97. The summed E-state index contributed by atoms with van der Waals surface area (Å²) in [6, 6.07) is 15.9. The van der Waals surface area contributed by atoms with E-state index < -0.39 is 0 Å². The highest BCUT2D eigenvalue weighted by atomic mass is 16.7. The van der Waals surface area contributed by atoms with E-state index in [1.54, 1.807) is 12.1 Å². The molecule has 1 heterocycles. The van der Waals surface area contributed by atoms with E-state index >= 15 is 0 Å². The van der Waals surface area contributed by atoms with Crippen molar-refractivity contribution in [3.63, 3.8) is 0 Å². The van der Waals surface area contributed by atoms with E-state index in [2.05, 4.69) is 31.2 Å². The second kappa shape index (κ2) is 4.52. The zero-order valence-corrected chi connectivity index (χ0v) is 11.0. The number of benzene rings is 2. The summed E-state index contributed by atoms with van der Waals surface area (Å²) in [5, 5.41) is 1.62. The molecule has 2 aromatic rings. The van der Waals surface area contributed by atoms with Crippen LogP contribution in [0, 0.1) is 6.92 Å². The van der Waals surface area contributed by atoms with E-state index in [4.69, 9.17) is 4.84 Å². The van der Waals surface area contributed by atoms with Crippen LogP contribution in [0.3, 0.4) is 0 Å². The molecule has 3 heteroatoms. The number of rotatable bonds is 1. The number of hydrogen-bond acceptors (Lipinski definition) is 3. The lowest BCUT2D eigenvalue weighted by Gasteiger charge is -2.32. The Morgan fingerprint density at radius 1 is 1.05 bits per heavy atom. The van der Waals surface area contributed by atoms with Crippen LogP contribution in [0.1, 0.15) is 33.1 Å². The minimum atomic E-state index is -0.290. The van der Waals surface area contributed by atoms with Gasteiger partial charge in [-0.1, -0.05) is 48.0 Å². The summed E-state index contributed by atoms with van der Waals surface area (Å²) in [6.45, 7) is 2.06. The lowest BCUT2D eigenvalue weighted by molar-refractivity contribution is -0.118. The maximum absolute atomic E-state index is 11.9. The average Bonchev–Trinajstić information content (AvgIpc) is 2.41. The van der Waals surface area contributed by atoms with E-state index in [1.165, 1.54) is 5.56 Å². The summed E-state index contributed by atoms with van der Waals surface area (Å²) >= 11 is 0. The van der Waals surface area contributed by atoms with Crippen molar-refractivity contribution in [1.82, 2.24) is 5.06 Å². The summed E-state index contributed by atoms with van der Waals surface area (Å²) in [4.78, 5) is 17.2. The van der Waals surface area contributed by atoms with Crippen molar-refractivity contribution in [3.8, 4) is 0 Å². The molecule has 0 aromatic heterocycles. The predicted octanol–water partition coefficient (Wildman–Crippen LogP) is 3.10. The molecule has 96 valence electrons. The molecular weight excluding hydrogens is 238 g/mol. The molecule has 2 aromatic carbocycles. The van der Waals surface area contributed by atoms with E-state index in [0.29, 0.717) is 5.56 Å². The molecule has 1 atom stereocenters. The smallest absolute Gasteiger partial charge is 0.357 e. The minimum Gasteiger partial charge on any atom is -0.363 e. The molecule has 0 saturated carbocycles. The van der Waals surface area contributed by atoms with Gasteiger partial charge in [0.1, 0.15) is 0 Å². The third-order valence-electron chi connectivity index (χ3n) is 3.46. The Labute approximate surface area is 112 Å². The summed E-state index contributed by atoms with van der Waals surface area (Å²) in [7, 11) is 1.79. The number of nitrogens with zero attached hydrogens (tertiary/aromatic N) is 1. The van der Waals surface area contributed by atoms with Crippen LogP contribution in [0.5, 0.6) is 0 Å². The Bertz CT molecular complexity index is 619. The summed E-state index contributed by atoms with van der Waals surface area (Å²) in [6.07, 6.45) is 0. The topological polar surface area (TPSA) is 29.5 Å². The van der Waals surface area contributed by atoms with Crippen LogP contribution < -0.4 is 0 Å². The fraction of sp³-hybridized carbons (Fsp3) is 0.188. The number of aryl methyl sites for hydroxylation is 1. The van der Waals surface area contributed by atoms with Crippen molar-refractivity contribution in [2.24, 2.45) is 0 Å². The first-order chi connectivity index (χ1) is 9.16. The van der Waals surface area contributed by atoms with Gasteiger partial charge in [0.25, 0.3) is 0 Å². The molecule has 0 fully saturated rings. The minimum absolute atomic E-state index is 0.0468. The van der Waals surface area contributed by atoms with Crippen LogP contribution in [-0.2, 0) is 4.84 Å². The van der Waals surface area contributed by atoms with Crippen molar-refractivity contribution in [2.45, 2.75) is 13.0 Å². The summed E-state index contributed by atoms with van der Waals surface area (Å²) < 4.78 is 0. The largest absolute Gasteiger partial charge is 0.363 e. The van der Waals surface area contributed by atoms with Gasteiger partial charge in [-0.2, -0.15) is 0 Å². The highest BCUT2D eigenvalue weighted by Gasteiger charge is 2.32. The normalized spacial score (nSPS) is 18.8. The number of fused-ring (bicyclic) bond motifs is 1. The molecular formula is C16H15NO2. The van der Waals surface area contributed by atoms with E-state index in [9.17, 15) is 4.79 Å². The molecule has 0 spiro atoms. The van der Waals surface area contributed by atoms with Crippen LogP contribution >= 0.6 is 0 Å². The lowest BCUT2D eigenvalue weighted by atomic mass is 9.93. The van der Waals surface area contributed by atoms with E-state index in [-0.39, 0.29) is 12.0 Å². The quantitative estimate of drug-likeness (QED) is 0.782. The monoisotopic (exact) mass is 253 g/mol. The molecule has 0 amide bonds. The Morgan fingerprint density at radius 3 is 2.47 bits per heavy atom. The molecule has 1 unspecified atom stereocenters. The van der Waals surface area contributed by atoms with Gasteiger partial charge in [0.2, 0.25) is 0 Å². The number of hydrogen-bond donors (Lipinski definition) is 0. The van der Waals surface area contributed by atoms with Crippen molar-refractivity contribution in [3.05, 3.63) is 70.8 Å². The molecule has 3 rings (SSSR count). The number of carbonyl (C=O) groups is 1.